The van der Waals surface area contributed by atoms with Gasteiger partial charge in [-0.15, -0.1) is 6.42 Å². The van der Waals surface area contributed by atoms with Crippen LogP contribution < -0.4 is 10.1 Å². The van der Waals surface area contributed by atoms with Crippen molar-refractivity contribution in [1.29, 1.82) is 0 Å². The zero-order chi connectivity index (χ0) is 15.0. The monoisotopic (exact) mass is 277 g/mol. The van der Waals surface area contributed by atoms with E-state index in [0.717, 1.165) is 5.56 Å². The van der Waals surface area contributed by atoms with E-state index in [2.05, 4.69) is 11.2 Å². The highest BCUT2D eigenvalue weighted by atomic mass is 16.5. The Balaban J connectivity index is 2.59. The number of carbonyl (C=O) groups excluding carboxylic acids is 1. The first-order chi connectivity index (χ1) is 9.56. The van der Waals surface area contributed by atoms with Gasteiger partial charge < -0.3 is 20.3 Å². The highest BCUT2D eigenvalue weighted by Crippen LogP contribution is 2.13. The predicted molar refractivity (Wildman–Crippen MR) is 71.1 cm³/mol. The number of amides is 1. The first kappa shape index (κ1) is 15.5. The molecule has 6 heteroatoms. The molecule has 0 aliphatic carbocycles. The summed E-state index contributed by atoms with van der Waals surface area (Å²) in [5.74, 6) is 0.236. The number of aliphatic carboxylic acids is 1. The van der Waals surface area contributed by atoms with E-state index in [1.807, 2.05) is 0 Å². The fourth-order valence-electron chi connectivity index (χ4n) is 1.54. The molecule has 1 amide bonds. The summed E-state index contributed by atoms with van der Waals surface area (Å²) in [6.45, 7) is -0.179. The molecule has 0 aliphatic rings. The number of carboxylic acids is 1. The van der Waals surface area contributed by atoms with E-state index in [4.69, 9.17) is 21.4 Å². The number of rotatable bonds is 6. The van der Waals surface area contributed by atoms with Crippen LogP contribution in [-0.2, 0) is 16.0 Å². The lowest BCUT2D eigenvalue weighted by Gasteiger charge is -2.15. The molecule has 0 saturated heterocycles. The summed E-state index contributed by atoms with van der Waals surface area (Å²) in [6.07, 6.45) is 5.38. The van der Waals surface area contributed by atoms with Crippen LogP contribution in [0.1, 0.15) is 5.56 Å². The van der Waals surface area contributed by atoms with Crippen molar-refractivity contribution in [3.8, 4) is 18.1 Å². The van der Waals surface area contributed by atoms with E-state index < -0.39 is 17.9 Å². The molecule has 106 valence electrons. The van der Waals surface area contributed by atoms with E-state index in [0.29, 0.717) is 12.2 Å². The first-order valence-electron chi connectivity index (χ1n) is 5.86. The maximum absolute atomic E-state index is 11.0. The Hall–Kier alpha value is -2.52. The van der Waals surface area contributed by atoms with Gasteiger partial charge in [0.2, 0.25) is 0 Å². The predicted octanol–water partition coefficient (Wildman–Crippen LogP) is -0.197. The van der Waals surface area contributed by atoms with Gasteiger partial charge in [-0.25, -0.2) is 4.79 Å². The summed E-state index contributed by atoms with van der Waals surface area (Å²) >= 11 is 0. The molecule has 1 aromatic rings. The fourth-order valence-corrected chi connectivity index (χ4v) is 1.54. The normalized spacial score (nSPS) is 11.2. The van der Waals surface area contributed by atoms with E-state index in [9.17, 15) is 9.59 Å². The molecule has 0 heterocycles. The molecule has 1 unspecified atom stereocenters. The van der Waals surface area contributed by atoms with Gasteiger partial charge in [-0.05, 0) is 24.1 Å². The van der Waals surface area contributed by atoms with Gasteiger partial charge in [-0.1, -0.05) is 18.1 Å². The van der Waals surface area contributed by atoms with Crippen LogP contribution in [0, 0.1) is 12.3 Å². The Morgan fingerprint density at radius 3 is 2.50 bits per heavy atom. The molecule has 0 spiro atoms. The molecule has 0 fully saturated rings. The number of aliphatic hydroxyl groups is 1. The van der Waals surface area contributed by atoms with Gasteiger partial charge in [0.15, 0.2) is 0 Å². The van der Waals surface area contributed by atoms with Crippen LogP contribution in [0.2, 0.25) is 0 Å². The molecular weight excluding hydrogens is 262 g/mol. The lowest BCUT2D eigenvalue weighted by atomic mass is 10.1. The molecule has 0 radical (unpaired) electrons. The van der Waals surface area contributed by atoms with Crippen molar-refractivity contribution < 1.29 is 24.5 Å². The Bertz CT molecular complexity index is 503. The summed E-state index contributed by atoms with van der Waals surface area (Å²) in [5.41, 5.74) is 0.822. The molecule has 1 aromatic carbocycles. The van der Waals surface area contributed by atoms with Crippen LogP contribution in [0.3, 0.4) is 0 Å². The second-order valence-corrected chi connectivity index (χ2v) is 4.00. The van der Waals surface area contributed by atoms with Crippen molar-refractivity contribution >= 4 is 11.9 Å². The first-order valence-corrected chi connectivity index (χ1v) is 5.86. The zero-order valence-corrected chi connectivity index (χ0v) is 10.7. The largest absolute Gasteiger partial charge is 0.481 e. The number of nitrogens with one attached hydrogen (secondary N) is 1. The van der Waals surface area contributed by atoms with Crippen LogP contribution in [0.15, 0.2) is 24.3 Å². The molecular formula is C14H15NO5. The van der Waals surface area contributed by atoms with Gasteiger partial charge in [0.05, 0.1) is 12.6 Å². The molecule has 1 rings (SSSR count). The number of hydrogen-bond acceptors (Lipinski definition) is 4. The molecule has 0 bridgehead atoms. The smallest absolute Gasteiger partial charge is 0.394 e. The molecule has 1 atom stereocenters. The van der Waals surface area contributed by atoms with Crippen LogP contribution in [0.5, 0.6) is 5.75 Å². The summed E-state index contributed by atoms with van der Waals surface area (Å²) in [6, 6.07) is 6.26. The third-order valence-corrected chi connectivity index (χ3v) is 2.48. The van der Waals surface area contributed by atoms with Gasteiger partial charge in [0, 0.05) is 0 Å². The minimum Gasteiger partial charge on any atom is -0.481 e. The summed E-state index contributed by atoms with van der Waals surface area (Å²) in [5, 5.41) is 19.8. The van der Waals surface area contributed by atoms with Crippen molar-refractivity contribution in [1.82, 2.24) is 5.32 Å². The third kappa shape index (κ3) is 5.00. The Morgan fingerprint density at radius 1 is 1.35 bits per heavy atom. The summed E-state index contributed by atoms with van der Waals surface area (Å²) in [4.78, 5) is 21.4. The van der Waals surface area contributed by atoms with Crippen molar-refractivity contribution in [3.63, 3.8) is 0 Å². The number of carbonyl (C=O) groups is 2. The van der Waals surface area contributed by atoms with Crippen LogP contribution in [-0.4, -0.2) is 41.3 Å². The van der Waals surface area contributed by atoms with Gasteiger partial charge in [-0.3, -0.25) is 4.79 Å². The fraction of sp³-hybridized carbons (Fsp3) is 0.286. The molecule has 0 saturated carbocycles. The van der Waals surface area contributed by atoms with Crippen molar-refractivity contribution in [2.24, 2.45) is 0 Å². The number of benzene rings is 1. The van der Waals surface area contributed by atoms with Crippen molar-refractivity contribution in [3.05, 3.63) is 29.8 Å². The summed E-state index contributed by atoms with van der Waals surface area (Å²) < 4.78 is 5.20. The number of terminal acetylenes is 1. The summed E-state index contributed by atoms with van der Waals surface area (Å²) in [7, 11) is 0. The Kier molecular flexibility index (Phi) is 6.07. The molecule has 6 nitrogen and oxygen atoms in total. The minimum absolute atomic E-state index is 0.174. The maximum atomic E-state index is 11.0. The van der Waals surface area contributed by atoms with E-state index in [1.54, 1.807) is 24.3 Å². The molecule has 0 aromatic heterocycles. The number of carboxylic acid groups (broad SMARTS) is 1. The van der Waals surface area contributed by atoms with E-state index >= 15 is 0 Å². The zero-order valence-electron chi connectivity index (χ0n) is 10.7. The average molecular weight is 277 g/mol. The van der Waals surface area contributed by atoms with Gasteiger partial charge in [-0.2, -0.15) is 0 Å². The lowest BCUT2D eigenvalue weighted by Crippen LogP contribution is -2.42. The van der Waals surface area contributed by atoms with E-state index in [1.165, 1.54) is 0 Å². The number of aliphatic hydroxyl groups excluding tert-OH is 1. The standard InChI is InChI=1S/C14H15NO5/c1-2-7-20-12-5-3-10(4-6-12)8-11(9-16)15-13(17)14(18)19/h1,3-6,11,16H,7-9H2,(H,15,17)(H,18,19). The third-order valence-electron chi connectivity index (χ3n) is 2.48. The van der Waals surface area contributed by atoms with Crippen LogP contribution in [0.25, 0.3) is 0 Å². The Morgan fingerprint density at radius 2 is 2.00 bits per heavy atom. The number of hydrogen-bond donors (Lipinski definition) is 3. The van der Waals surface area contributed by atoms with Gasteiger partial charge in [0.25, 0.3) is 0 Å². The topological polar surface area (TPSA) is 95.9 Å². The maximum Gasteiger partial charge on any atom is 0.394 e. The highest BCUT2D eigenvalue weighted by Gasteiger charge is 2.17. The van der Waals surface area contributed by atoms with Crippen molar-refractivity contribution in [2.75, 3.05) is 13.2 Å². The minimum atomic E-state index is -1.58. The SMILES string of the molecule is C#CCOc1ccc(CC(CO)NC(=O)C(=O)O)cc1. The van der Waals surface area contributed by atoms with Crippen LogP contribution >= 0.6 is 0 Å². The quantitative estimate of drug-likeness (QED) is 0.494. The molecule has 0 aliphatic heterocycles. The van der Waals surface area contributed by atoms with Crippen LogP contribution in [0.4, 0.5) is 0 Å². The average Bonchev–Trinajstić information content (AvgIpc) is 2.45. The Labute approximate surface area is 116 Å². The molecule has 3 N–H and O–H groups in total. The van der Waals surface area contributed by atoms with Gasteiger partial charge in [0.1, 0.15) is 12.4 Å². The molecule has 20 heavy (non-hydrogen) atoms. The van der Waals surface area contributed by atoms with E-state index in [-0.39, 0.29) is 13.2 Å². The second-order valence-electron chi connectivity index (χ2n) is 4.00. The lowest BCUT2D eigenvalue weighted by molar-refractivity contribution is -0.150. The van der Waals surface area contributed by atoms with Crippen molar-refractivity contribution in [2.45, 2.75) is 12.5 Å². The highest BCUT2D eigenvalue weighted by molar-refractivity contribution is 6.31. The number of ether oxygens (including phenoxy) is 1. The van der Waals surface area contributed by atoms with Gasteiger partial charge >= 0.3 is 11.9 Å². The second kappa shape index (κ2) is 7.81.